The molecule has 1 heterocycles. The third-order valence-electron chi connectivity index (χ3n) is 5.98. The molecule has 4 heteroatoms. The van der Waals surface area contributed by atoms with Crippen molar-refractivity contribution in [3.8, 4) is 5.75 Å². The predicted molar refractivity (Wildman–Crippen MR) is 139 cm³/mol. The summed E-state index contributed by atoms with van der Waals surface area (Å²) in [7, 11) is 0. The monoisotopic (exact) mass is 458 g/mol. The minimum Gasteiger partial charge on any atom is -0.487 e. The van der Waals surface area contributed by atoms with Crippen molar-refractivity contribution in [2.24, 2.45) is 0 Å². The largest absolute Gasteiger partial charge is 0.487 e. The molecule has 3 rings (SSSR count). The van der Waals surface area contributed by atoms with Crippen molar-refractivity contribution in [2.45, 2.75) is 77.4 Å². The quantitative estimate of drug-likeness (QED) is 0.258. The van der Waals surface area contributed by atoms with Gasteiger partial charge in [0.2, 0.25) is 5.91 Å². The molecule has 0 aliphatic carbocycles. The van der Waals surface area contributed by atoms with Gasteiger partial charge in [-0.1, -0.05) is 74.7 Å². The lowest BCUT2D eigenvalue weighted by molar-refractivity contribution is -0.121. The molecule has 0 saturated carbocycles. The first-order valence-corrected chi connectivity index (χ1v) is 12.7. The topological polar surface area (TPSA) is 51.2 Å². The highest BCUT2D eigenvalue weighted by molar-refractivity contribution is 5.76. The Balaban J connectivity index is 1.34. The maximum atomic E-state index is 12.5. The fraction of sp³-hybridized carbons (Fsp3) is 0.400. The lowest BCUT2D eigenvalue weighted by Gasteiger charge is -2.18. The predicted octanol–water partition coefficient (Wildman–Crippen LogP) is 6.68. The van der Waals surface area contributed by atoms with E-state index < -0.39 is 0 Å². The minimum absolute atomic E-state index is 0.177. The van der Waals surface area contributed by atoms with E-state index in [0.29, 0.717) is 13.0 Å². The highest BCUT2D eigenvalue weighted by atomic mass is 16.5. The zero-order valence-electron chi connectivity index (χ0n) is 20.4. The second-order valence-electron chi connectivity index (χ2n) is 8.91. The van der Waals surface area contributed by atoms with Crippen LogP contribution in [0.1, 0.15) is 68.7 Å². The van der Waals surface area contributed by atoms with Crippen molar-refractivity contribution in [3.05, 3.63) is 95.8 Å². The maximum absolute atomic E-state index is 12.5. The Kier molecular flexibility index (Phi) is 11.2. The Morgan fingerprint density at radius 2 is 1.65 bits per heavy atom. The molecule has 0 spiro atoms. The van der Waals surface area contributed by atoms with E-state index in [9.17, 15) is 4.79 Å². The second kappa shape index (κ2) is 14.9. The average molecular weight is 459 g/mol. The lowest BCUT2D eigenvalue weighted by atomic mass is 10.0. The van der Waals surface area contributed by atoms with Crippen LogP contribution >= 0.6 is 0 Å². The van der Waals surface area contributed by atoms with Crippen molar-refractivity contribution in [1.82, 2.24) is 10.3 Å². The van der Waals surface area contributed by atoms with Crippen LogP contribution in [0.2, 0.25) is 0 Å². The SMILES string of the molecule is CCC[C@@H](Cc1ccc(OCc2ccccn2)cc1)NC(=O)CCCCCCc1ccccc1. The number of hydrogen-bond acceptors (Lipinski definition) is 3. The summed E-state index contributed by atoms with van der Waals surface area (Å²) in [6.45, 7) is 2.63. The van der Waals surface area contributed by atoms with Gasteiger partial charge < -0.3 is 10.1 Å². The van der Waals surface area contributed by atoms with Gasteiger partial charge in [-0.2, -0.15) is 0 Å². The molecule has 1 atom stereocenters. The van der Waals surface area contributed by atoms with E-state index in [4.69, 9.17) is 4.74 Å². The fourth-order valence-corrected chi connectivity index (χ4v) is 4.13. The Hall–Kier alpha value is -3.14. The highest BCUT2D eigenvalue weighted by Gasteiger charge is 2.12. The molecule has 180 valence electrons. The Bertz CT molecular complexity index is 943. The number of ether oxygens (including phenoxy) is 1. The molecule has 0 fully saturated rings. The van der Waals surface area contributed by atoms with E-state index in [1.807, 2.05) is 30.3 Å². The number of carbonyl (C=O) groups excluding carboxylic acids is 1. The first-order valence-electron chi connectivity index (χ1n) is 12.7. The summed E-state index contributed by atoms with van der Waals surface area (Å²) in [5.74, 6) is 1.01. The molecule has 1 N–H and O–H groups in total. The van der Waals surface area contributed by atoms with E-state index in [1.165, 1.54) is 24.0 Å². The number of hydrogen-bond donors (Lipinski definition) is 1. The molecular weight excluding hydrogens is 420 g/mol. The number of aryl methyl sites for hydroxylation is 1. The summed E-state index contributed by atoms with van der Waals surface area (Å²) < 4.78 is 5.83. The third-order valence-corrected chi connectivity index (χ3v) is 5.98. The second-order valence-corrected chi connectivity index (χ2v) is 8.91. The molecule has 0 aliphatic rings. The first-order chi connectivity index (χ1) is 16.7. The zero-order valence-corrected chi connectivity index (χ0v) is 20.4. The highest BCUT2D eigenvalue weighted by Crippen LogP contribution is 2.16. The summed E-state index contributed by atoms with van der Waals surface area (Å²) in [6, 6.07) is 24.8. The fourth-order valence-electron chi connectivity index (χ4n) is 4.13. The maximum Gasteiger partial charge on any atom is 0.220 e. The summed E-state index contributed by atoms with van der Waals surface area (Å²) >= 11 is 0. The van der Waals surface area contributed by atoms with Crippen LogP contribution in [0.25, 0.3) is 0 Å². The molecule has 0 bridgehead atoms. The van der Waals surface area contributed by atoms with Crippen LogP contribution in [0, 0.1) is 0 Å². The normalized spacial score (nSPS) is 11.7. The van der Waals surface area contributed by atoms with Crippen molar-refractivity contribution < 1.29 is 9.53 Å². The summed E-state index contributed by atoms with van der Waals surface area (Å²) in [5, 5.41) is 3.27. The van der Waals surface area contributed by atoms with Gasteiger partial charge in [0.05, 0.1) is 5.69 Å². The van der Waals surface area contributed by atoms with Gasteiger partial charge in [0.15, 0.2) is 0 Å². The van der Waals surface area contributed by atoms with Crippen LogP contribution in [-0.4, -0.2) is 16.9 Å². The Labute approximate surface area is 204 Å². The number of nitrogens with one attached hydrogen (secondary N) is 1. The number of rotatable bonds is 15. The smallest absolute Gasteiger partial charge is 0.220 e. The van der Waals surface area contributed by atoms with Gasteiger partial charge in [0.1, 0.15) is 12.4 Å². The van der Waals surface area contributed by atoms with Crippen molar-refractivity contribution >= 4 is 5.91 Å². The molecule has 3 aromatic rings. The Morgan fingerprint density at radius 1 is 0.882 bits per heavy atom. The van der Waals surface area contributed by atoms with E-state index >= 15 is 0 Å². The van der Waals surface area contributed by atoms with Crippen molar-refractivity contribution in [3.63, 3.8) is 0 Å². The third kappa shape index (κ3) is 9.78. The molecule has 4 nitrogen and oxygen atoms in total. The van der Waals surface area contributed by atoms with E-state index in [1.54, 1.807) is 6.20 Å². The van der Waals surface area contributed by atoms with Gasteiger partial charge in [-0.05, 0) is 67.5 Å². The number of benzene rings is 2. The van der Waals surface area contributed by atoms with Gasteiger partial charge in [0.25, 0.3) is 0 Å². The van der Waals surface area contributed by atoms with Crippen LogP contribution < -0.4 is 10.1 Å². The van der Waals surface area contributed by atoms with Crippen molar-refractivity contribution in [2.75, 3.05) is 0 Å². The van der Waals surface area contributed by atoms with Crippen LogP contribution in [0.15, 0.2) is 79.0 Å². The zero-order chi connectivity index (χ0) is 23.8. The van der Waals surface area contributed by atoms with Gasteiger partial charge in [-0.3, -0.25) is 9.78 Å². The van der Waals surface area contributed by atoms with E-state index in [2.05, 4.69) is 59.7 Å². The van der Waals surface area contributed by atoms with Gasteiger partial charge in [-0.25, -0.2) is 0 Å². The molecule has 0 saturated heterocycles. The van der Waals surface area contributed by atoms with Gasteiger partial charge in [0, 0.05) is 18.7 Å². The average Bonchev–Trinajstić information content (AvgIpc) is 2.87. The van der Waals surface area contributed by atoms with Gasteiger partial charge in [-0.15, -0.1) is 0 Å². The number of pyridine rings is 1. The molecule has 1 aromatic heterocycles. The molecule has 34 heavy (non-hydrogen) atoms. The number of amides is 1. The molecule has 1 amide bonds. The molecule has 0 aliphatic heterocycles. The number of aromatic nitrogens is 1. The lowest BCUT2D eigenvalue weighted by Crippen LogP contribution is -2.36. The molecule has 2 aromatic carbocycles. The molecule has 0 radical (unpaired) electrons. The summed E-state index contributed by atoms with van der Waals surface area (Å²) in [6.07, 6.45) is 10.8. The van der Waals surface area contributed by atoms with Gasteiger partial charge >= 0.3 is 0 Å². The first kappa shape index (κ1) is 25.5. The van der Waals surface area contributed by atoms with Crippen LogP contribution in [0.4, 0.5) is 0 Å². The summed E-state index contributed by atoms with van der Waals surface area (Å²) in [4.78, 5) is 16.8. The van der Waals surface area contributed by atoms with Crippen LogP contribution in [0.3, 0.4) is 0 Å². The van der Waals surface area contributed by atoms with E-state index in [0.717, 1.165) is 50.0 Å². The number of nitrogens with zero attached hydrogens (tertiary/aromatic N) is 1. The van der Waals surface area contributed by atoms with E-state index in [-0.39, 0.29) is 11.9 Å². The standard InChI is InChI=1S/C30H38N2O2/c1-2-12-27(32-30(33)17-9-4-3-6-13-25-14-7-5-8-15-25)23-26-18-20-29(21-19-26)34-24-28-16-10-11-22-31-28/h5,7-8,10-11,14-16,18-22,27H,2-4,6,9,12-13,17,23-24H2,1H3,(H,32,33)/t27-/m0/s1. The minimum atomic E-state index is 0.177. The Morgan fingerprint density at radius 3 is 2.38 bits per heavy atom. The number of carbonyl (C=O) groups is 1. The van der Waals surface area contributed by atoms with Crippen LogP contribution in [-0.2, 0) is 24.2 Å². The van der Waals surface area contributed by atoms with Crippen LogP contribution in [0.5, 0.6) is 5.75 Å². The summed E-state index contributed by atoms with van der Waals surface area (Å²) in [5.41, 5.74) is 3.52. The molecular formula is C30H38N2O2. The number of unbranched alkanes of at least 4 members (excludes halogenated alkanes) is 3. The molecule has 0 unspecified atom stereocenters. The van der Waals surface area contributed by atoms with Crippen molar-refractivity contribution in [1.29, 1.82) is 0 Å².